The fourth-order valence-electron chi connectivity index (χ4n) is 2.93. The van der Waals surface area contributed by atoms with Crippen molar-refractivity contribution in [2.45, 2.75) is 20.3 Å². The van der Waals surface area contributed by atoms with Crippen LogP contribution in [0.15, 0.2) is 6.07 Å². The molecule has 0 bridgehead atoms. The lowest BCUT2D eigenvalue weighted by Gasteiger charge is -2.15. The van der Waals surface area contributed by atoms with Gasteiger partial charge in [-0.3, -0.25) is 9.48 Å². The number of aromatic nitrogens is 2. The van der Waals surface area contributed by atoms with Gasteiger partial charge < -0.3 is 15.1 Å². The standard InChI is InChI=1S/C15H25N3O3/c1-10(2)4-13-5-14(17(3)16-13)15(21)18-6-11(8-19)12(7-18)9-20/h5,10-12,19-20H,4,6-9H2,1-3H3/t11-,12-/m0/s1. The van der Waals surface area contributed by atoms with Crippen molar-refractivity contribution in [3.63, 3.8) is 0 Å². The lowest BCUT2D eigenvalue weighted by atomic mass is 9.98. The Labute approximate surface area is 125 Å². The number of aliphatic hydroxyl groups excluding tert-OH is 2. The van der Waals surface area contributed by atoms with Gasteiger partial charge in [-0.15, -0.1) is 0 Å². The lowest BCUT2D eigenvalue weighted by Crippen LogP contribution is -2.31. The molecule has 21 heavy (non-hydrogen) atoms. The number of hydrogen-bond acceptors (Lipinski definition) is 4. The number of likely N-dealkylation sites (tertiary alicyclic amines) is 1. The molecule has 0 spiro atoms. The molecule has 1 amide bonds. The van der Waals surface area contributed by atoms with Crippen LogP contribution in [0.3, 0.4) is 0 Å². The van der Waals surface area contributed by atoms with Gasteiger partial charge in [0.2, 0.25) is 0 Å². The zero-order valence-electron chi connectivity index (χ0n) is 13.0. The molecule has 6 heteroatoms. The van der Waals surface area contributed by atoms with Crippen molar-refractivity contribution in [1.82, 2.24) is 14.7 Å². The molecule has 1 aromatic heterocycles. The van der Waals surface area contributed by atoms with Crippen LogP contribution < -0.4 is 0 Å². The van der Waals surface area contributed by atoms with E-state index in [4.69, 9.17) is 0 Å². The fourth-order valence-corrected chi connectivity index (χ4v) is 2.93. The van der Waals surface area contributed by atoms with Gasteiger partial charge in [0.25, 0.3) is 5.91 Å². The Hall–Kier alpha value is -1.40. The summed E-state index contributed by atoms with van der Waals surface area (Å²) in [6.45, 7) is 5.22. The van der Waals surface area contributed by atoms with Crippen molar-refractivity contribution >= 4 is 5.91 Å². The molecule has 6 nitrogen and oxygen atoms in total. The van der Waals surface area contributed by atoms with E-state index in [1.54, 1.807) is 16.6 Å². The van der Waals surface area contributed by atoms with Gasteiger partial charge in [0.05, 0.1) is 5.69 Å². The quantitative estimate of drug-likeness (QED) is 0.818. The maximum Gasteiger partial charge on any atom is 0.272 e. The molecule has 118 valence electrons. The highest BCUT2D eigenvalue weighted by Gasteiger charge is 2.35. The molecule has 2 N–H and O–H groups in total. The first-order chi connectivity index (χ1) is 9.96. The summed E-state index contributed by atoms with van der Waals surface area (Å²) >= 11 is 0. The highest BCUT2D eigenvalue weighted by molar-refractivity contribution is 5.93. The SMILES string of the molecule is CC(C)Cc1cc(C(=O)N2C[C@@H](CO)[C@H](CO)C2)n(C)n1. The lowest BCUT2D eigenvalue weighted by molar-refractivity contribution is 0.0767. The maximum atomic E-state index is 12.6. The predicted molar refractivity (Wildman–Crippen MR) is 78.8 cm³/mol. The van der Waals surface area contributed by atoms with Crippen molar-refractivity contribution in [3.8, 4) is 0 Å². The summed E-state index contributed by atoms with van der Waals surface area (Å²) in [5, 5.41) is 23.0. The van der Waals surface area contributed by atoms with Crippen LogP contribution in [0.1, 0.15) is 30.0 Å². The molecule has 2 atom stereocenters. The zero-order valence-corrected chi connectivity index (χ0v) is 13.0. The summed E-state index contributed by atoms with van der Waals surface area (Å²) < 4.78 is 1.63. The molecule has 2 rings (SSSR count). The number of amides is 1. The summed E-state index contributed by atoms with van der Waals surface area (Å²) in [6, 6.07) is 1.85. The highest BCUT2D eigenvalue weighted by Crippen LogP contribution is 2.24. The molecular formula is C15H25N3O3. The van der Waals surface area contributed by atoms with Gasteiger partial charge in [0, 0.05) is 45.2 Å². The molecule has 1 aliphatic rings. The van der Waals surface area contributed by atoms with Crippen LogP contribution in [0.4, 0.5) is 0 Å². The van der Waals surface area contributed by atoms with E-state index < -0.39 is 0 Å². The molecular weight excluding hydrogens is 270 g/mol. The normalized spacial score (nSPS) is 22.3. The van der Waals surface area contributed by atoms with Gasteiger partial charge in [-0.2, -0.15) is 5.10 Å². The number of nitrogens with zero attached hydrogens (tertiary/aromatic N) is 3. The third-order valence-electron chi connectivity index (χ3n) is 4.10. The van der Waals surface area contributed by atoms with E-state index in [-0.39, 0.29) is 31.0 Å². The van der Waals surface area contributed by atoms with Gasteiger partial charge >= 0.3 is 0 Å². The number of hydrogen-bond donors (Lipinski definition) is 2. The Kier molecular flexibility index (Phi) is 5.00. The Balaban J connectivity index is 2.12. The van der Waals surface area contributed by atoms with E-state index in [0.717, 1.165) is 12.1 Å². The largest absolute Gasteiger partial charge is 0.396 e. The minimum Gasteiger partial charge on any atom is -0.396 e. The molecule has 0 radical (unpaired) electrons. The first-order valence-corrected chi connectivity index (χ1v) is 7.50. The van der Waals surface area contributed by atoms with Crippen LogP contribution in [0, 0.1) is 17.8 Å². The number of rotatable bonds is 5. The molecule has 0 aromatic carbocycles. The minimum atomic E-state index is -0.0746. The molecule has 2 heterocycles. The molecule has 0 saturated carbocycles. The topological polar surface area (TPSA) is 78.6 Å². The average molecular weight is 295 g/mol. The van der Waals surface area contributed by atoms with Gasteiger partial charge in [-0.05, 0) is 18.4 Å². The molecule has 1 aromatic rings. The van der Waals surface area contributed by atoms with E-state index in [2.05, 4.69) is 18.9 Å². The second-order valence-corrected chi connectivity index (χ2v) is 6.34. The van der Waals surface area contributed by atoms with Crippen molar-refractivity contribution in [2.75, 3.05) is 26.3 Å². The summed E-state index contributed by atoms with van der Waals surface area (Å²) in [6.07, 6.45) is 0.847. The first kappa shape index (κ1) is 16.0. The average Bonchev–Trinajstić information content (AvgIpc) is 3.00. The van der Waals surface area contributed by atoms with E-state index in [1.165, 1.54) is 0 Å². The number of carbonyl (C=O) groups is 1. The van der Waals surface area contributed by atoms with Gasteiger partial charge in [0.1, 0.15) is 5.69 Å². The van der Waals surface area contributed by atoms with Crippen LogP contribution >= 0.6 is 0 Å². The summed E-state index contributed by atoms with van der Waals surface area (Å²) in [7, 11) is 1.78. The molecule has 1 fully saturated rings. The monoisotopic (exact) mass is 295 g/mol. The van der Waals surface area contributed by atoms with Crippen molar-refractivity contribution < 1.29 is 15.0 Å². The minimum absolute atomic E-state index is 0.000999. The van der Waals surface area contributed by atoms with Crippen molar-refractivity contribution in [1.29, 1.82) is 0 Å². The van der Waals surface area contributed by atoms with E-state index in [0.29, 0.717) is 24.7 Å². The van der Waals surface area contributed by atoms with E-state index in [1.807, 2.05) is 6.07 Å². The third-order valence-corrected chi connectivity index (χ3v) is 4.10. The maximum absolute atomic E-state index is 12.6. The van der Waals surface area contributed by atoms with Crippen molar-refractivity contribution in [3.05, 3.63) is 17.5 Å². The summed E-state index contributed by atoms with van der Waals surface area (Å²) in [4.78, 5) is 14.3. The van der Waals surface area contributed by atoms with Crippen LogP contribution in [0.2, 0.25) is 0 Å². The van der Waals surface area contributed by atoms with Crippen LogP contribution in [-0.2, 0) is 13.5 Å². The summed E-state index contributed by atoms with van der Waals surface area (Å²) in [5.41, 5.74) is 1.49. The molecule has 1 aliphatic heterocycles. The summed E-state index contributed by atoms with van der Waals surface area (Å²) in [5.74, 6) is 0.339. The Morgan fingerprint density at radius 2 is 1.90 bits per heavy atom. The zero-order chi connectivity index (χ0) is 15.6. The smallest absolute Gasteiger partial charge is 0.272 e. The van der Waals surface area contributed by atoms with Crippen LogP contribution in [0.5, 0.6) is 0 Å². The molecule has 0 aliphatic carbocycles. The number of carbonyl (C=O) groups excluding carboxylic acids is 1. The van der Waals surface area contributed by atoms with E-state index >= 15 is 0 Å². The Morgan fingerprint density at radius 1 is 1.33 bits per heavy atom. The predicted octanol–water partition coefficient (Wildman–Crippen LogP) is 0.291. The number of aliphatic hydroxyl groups is 2. The van der Waals surface area contributed by atoms with Crippen LogP contribution in [-0.4, -0.2) is 57.1 Å². The Bertz CT molecular complexity index is 486. The highest BCUT2D eigenvalue weighted by atomic mass is 16.3. The van der Waals surface area contributed by atoms with Crippen molar-refractivity contribution in [2.24, 2.45) is 24.8 Å². The molecule has 0 unspecified atom stereocenters. The van der Waals surface area contributed by atoms with E-state index in [9.17, 15) is 15.0 Å². The number of aryl methyl sites for hydroxylation is 1. The third kappa shape index (κ3) is 3.44. The second kappa shape index (κ2) is 6.58. The first-order valence-electron chi connectivity index (χ1n) is 7.50. The Morgan fingerprint density at radius 3 is 2.38 bits per heavy atom. The van der Waals surface area contributed by atoms with Gasteiger partial charge in [0.15, 0.2) is 0 Å². The fraction of sp³-hybridized carbons (Fsp3) is 0.733. The second-order valence-electron chi connectivity index (χ2n) is 6.34. The van der Waals surface area contributed by atoms with Crippen LogP contribution in [0.25, 0.3) is 0 Å². The van der Waals surface area contributed by atoms with Gasteiger partial charge in [-0.25, -0.2) is 0 Å². The molecule has 1 saturated heterocycles. The van der Waals surface area contributed by atoms with Gasteiger partial charge in [-0.1, -0.05) is 13.8 Å².